The largest absolute Gasteiger partial charge is 0.508 e. The highest BCUT2D eigenvalue weighted by molar-refractivity contribution is 5.97. The Labute approximate surface area is 117 Å². The maximum Gasteiger partial charge on any atom is 0.246 e. The fourth-order valence-electron chi connectivity index (χ4n) is 2.35. The van der Waals surface area contributed by atoms with Gasteiger partial charge in [0, 0.05) is 36.9 Å². The van der Waals surface area contributed by atoms with Gasteiger partial charge in [-0.25, -0.2) is 0 Å². The molecule has 102 valence electrons. The number of anilines is 2. The van der Waals surface area contributed by atoms with Gasteiger partial charge in [0.2, 0.25) is 5.91 Å². The first-order valence-electron chi connectivity index (χ1n) is 6.48. The number of pyridine rings is 1. The van der Waals surface area contributed by atoms with Crippen LogP contribution in [0.1, 0.15) is 0 Å². The number of amides is 1. The summed E-state index contributed by atoms with van der Waals surface area (Å²) in [6, 6.07) is 10.5. The molecule has 0 saturated carbocycles. The van der Waals surface area contributed by atoms with E-state index in [-0.39, 0.29) is 11.7 Å². The molecule has 1 amide bonds. The first-order valence-corrected chi connectivity index (χ1v) is 6.48. The van der Waals surface area contributed by atoms with Gasteiger partial charge in [-0.2, -0.15) is 0 Å². The average Bonchev–Trinajstić information content (AvgIpc) is 2.49. The summed E-state index contributed by atoms with van der Waals surface area (Å²) in [6.45, 7) is 1.76. The molecular weight excluding hydrogens is 254 g/mol. The van der Waals surface area contributed by atoms with Gasteiger partial charge in [0.05, 0.1) is 6.54 Å². The Morgan fingerprint density at radius 3 is 2.30 bits per heavy atom. The number of hydrogen-bond acceptors (Lipinski definition) is 4. The molecule has 2 aromatic rings. The SMILES string of the molecule is O=C1CN(c2ccncc2)CCN1c1ccc(O)cc1. The summed E-state index contributed by atoms with van der Waals surface area (Å²) in [5.41, 5.74) is 1.83. The van der Waals surface area contributed by atoms with Crippen LogP contribution in [0.3, 0.4) is 0 Å². The van der Waals surface area contributed by atoms with E-state index in [4.69, 9.17) is 0 Å². The Morgan fingerprint density at radius 2 is 1.65 bits per heavy atom. The Kier molecular flexibility index (Phi) is 3.25. The predicted octanol–water partition coefficient (Wildman–Crippen LogP) is 1.64. The van der Waals surface area contributed by atoms with Crippen LogP contribution >= 0.6 is 0 Å². The molecule has 3 rings (SSSR count). The van der Waals surface area contributed by atoms with Crippen molar-refractivity contribution < 1.29 is 9.90 Å². The van der Waals surface area contributed by atoms with Crippen molar-refractivity contribution in [2.24, 2.45) is 0 Å². The second-order valence-electron chi connectivity index (χ2n) is 4.69. The number of phenols is 1. The van der Waals surface area contributed by atoms with E-state index in [1.54, 1.807) is 41.6 Å². The normalized spacial score (nSPS) is 15.5. The molecule has 20 heavy (non-hydrogen) atoms. The molecule has 0 unspecified atom stereocenters. The molecule has 1 saturated heterocycles. The maximum atomic E-state index is 12.3. The number of benzene rings is 1. The van der Waals surface area contributed by atoms with E-state index in [1.807, 2.05) is 17.0 Å². The monoisotopic (exact) mass is 269 g/mol. The number of aromatic hydroxyl groups is 1. The number of phenolic OH excluding ortho intramolecular Hbond substituents is 1. The highest BCUT2D eigenvalue weighted by Gasteiger charge is 2.25. The van der Waals surface area contributed by atoms with Gasteiger partial charge in [-0.05, 0) is 36.4 Å². The minimum Gasteiger partial charge on any atom is -0.508 e. The van der Waals surface area contributed by atoms with Gasteiger partial charge in [-0.15, -0.1) is 0 Å². The zero-order valence-electron chi connectivity index (χ0n) is 10.9. The van der Waals surface area contributed by atoms with E-state index in [0.29, 0.717) is 13.1 Å². The van der Waals surface area contributed by atoms with E-state index in [0.717, 1.165) is 17.9 Å². The van der Waals surface area contributed by atoms with Crippen LogP contribution in [0.4, 0.5) is 11.4 Å². The average molecular weight is 269 g/mol. The van der Waals surface area contributed by atoms with Crippen LogP contribution in [0.25, 0.3) is 0 Å². The highest BCUT2D eigenvalue weighted by atomic mass is 16.3. The predicted molar refractivity (Wildman–Crippen MR) is 76.9 cm³/mol. The lowest BCUT2D eigenvalue weighted by molar-refractivity contribution is -0.117. The van der Waals surface area contributed by atoms with E-state index < -0.39 is 0 Å². The van der Waals surface area contributed by atoms with Crippen LogP contribution in [0.2, 0.25) is 0 Å². The summed E-state index contributed by atoms with van der Waals surface area (Å²) < 4.78 is 0. The van der Waals surface area contributed by atoms with Gasteiger partial charge < -0.3 is 14.9 Å². The summed E-state index contributed by atoms with van der Waals surface area (Å²) in [5, 5.41) is 9.29. The van der Waals surface area contributed by atoms with Crippen molar-refractivity contribution in [3.05, 3.63) is 48.8 Å². The van der Waals surface area contributed by atoms with Crippen molar-refractivity contribution in [2.45, 2.75) is 0 Å². The summed E-state index contributed by atoms with van der Waals surface area (Å²) in [6.07, 6.45) is 3.46. The quantitative estimate of drug-likeness (QED) is 0.900. The van der Waals surface area contributed by atoms with Crippen molar-refractivity contribution in [2.75, 3.05) is 29.4 Å². The van der Waals surface area contributed by atoms with Crippen molar-refractivity contribution in [3.63, 3.8) is 0 Å². The molecule has 5 nitrogen and oxygen atoms in total. The van der Waals surface area contributed by atoms with E-state index in [9.17, 15) is 9.90 Å². The number of nitrogens with zero attached hydrogens (tertiary/aromatic N) is 3. The molecule has 0 bridgehead atoms. The van der Waals surface area contributed by atoms with Crippen LogP contribution in [0.5, 0.6) is 5.75 Å². The van der Waals surface area contributed by atoms with Crippen molar-refractivity contribution in [3.8, 4) is 5.75 Å². The molecule has 5 heteroatoms. The molecule has 0 aliphatic carbocycles. The fourth-order valence-corrected chi connectivity index (χ4v) is 2.35. The molecular formula is C15H15N3O2. The molecule has 0 radical (unpaired) electrons. The molecule has 1 aliphatic rings. The first kappa shape index (κ1) is 12.5. The third-order valence-corrected chi connectivity index (χ3v) is 3.41. The highest BCUT2D eigenvalue weighted by Crippen LogP contribution is 2.22. The smallest absolute Gasteiger partial charge is 0.246 e. The fraction of sp³-hybridized carbons (Fsp3) is 0.200. The molecule has 2 heterocycles. The lowest BCUT2D eigenvalue weighted by Crippen LogP contribution is -2.50. The molecule has 1 fully saturated rings. The van der Waals surface area contributed by atoms with Gasteiger partial charge in [0.1, 0.15) is 5.75 Å². The van der Waals surface area contributed by atoms with Crippen LogP contribution in [-0.2, 0) is 4.79 Å². The Morgan fingerprint density at radius 1 is 0.950 bits per heavy atom. The number of hydrogen-bond donors (Lipinski definition) is 1. The second kappa shape index (κ2) is 5.21. The lowest BCUT2D eigenvalue weighted by Gasteiger charge is -2.35. The van der Waals surface area contributed by atoms with Crippen LogP contribution in [0, 0.1) is 0 Å². The molecule has 1 aromatic heterocycles. The third-order valence-electron chi connectivity index (χ3n) is 3.41. The first-order chi connectivity index (χ1) is 9.74. The molecule has 0 spiro atoms. The molecule has 1 aromatic carbocycles. The van der Waals surface area contributed by atoms with Gasteiger partial charge in [-0.3, -0.25) is 9.78 Å². The Bertz CT molecular complexity index is 598. The van der Waals surface area contributed by atoms with Gasteiger partial charge in [0.25, 0.3) is 0 Å². The zero-order chi connectivity index (χ0) is 13.9. The Hall–Kier alpha value is -2.56. The molecule has 0 atom stereocenters. The zero-order valence-corrected chi connectivity index (χ0v) is 10.9. The number of aromatic nitrogens is 1. The van der Waals surface area contributed by atoms with E-state index in [1.165, 1.54) is 0 Å². The van der Waals surface area contributed by atoms with Crippen LogP contribution in [-0.4, -0.2) is 35.6 Å². The summed E-state index contributed by atoms with van der Waals surface area (Å²) in [7, 11) is 0. The summed E-state index contributed by atoms with van der Waals surface area (Å²) in [5.74, 6) is 0.260. The topological polar surface area (TPSA) is 56.7 Å². The lowest BCUT2D eigenvalue weighted by atomic mass is 10.2. The minimum absolute atomic E-state index is 0.0544. The Balaban J connectivity index is 1.74. The van der Waals surface area contributed by atoms with Crippen LogP contribution in [0.15, 0.2) is 48.8 Å². The summed E-state index contributed by atoms with van der Waals surface area (Å²) >= 11 is 0. The van der Waals surface area contributed by atoms with Crippen molar-refractivity contribution in [1.82, 2.24) is 4.98 Å². The van der Waals surface area contributed by atoms with Gasteiger partial charge in [-0.1, -0.05) is 0 Å². The number of rotatable bonds is 2. The number of carbonyl (C=O) groups excluding carboxylic acids is 1. The third kappa shape index (κ3) is 2.42. The van der Waals surface area contributed by atoms with E-state index in [2.05, 4.69) is 4.98 Å². The maximum absolute atomic E-state index is 12.3. The van der Waals surface area contributed by atoms with Crippen molar-refractivity contribution >= 4 is 17.3 Å². The van der Waals surface area contributed by atoms with Gasteiger partial charge in [0.15, 0.2) is 0 Å². The molecule has 1 N–H and O–H groups in total. The second-order valence-corrected chi connectivity index (χ2v) is 4.69. The standard InChI is InChI=1S/C15H15N3O2/c19-14-3-1-13(2-4-14)18-10-9-17(11-15(18)20)12-5-7-16-8-6-12/h1-8,19H,9-11H2. The van der Waals surface area contributed by atoms with Gasteiger partial charge >= 0.3 is 0 Å². The summed E-state index contributed by atoms with van der Waals surface area (Å²) in [4.78, 5) is 20.0. The number of piperazine rings is 1. The van der Waals surface area contributed by atoms with Crippen molar-refractivity contribution in [1.29, 1.82) is 0 Å². The number of carbonyl (C=O) groups is 1. The molecule has 1 aliphatic heterocycles. The minimum atomic E-state index is 0.0544. The van der Waals surface area contributed by atoms with E-state index >= 15 is 0 Å². The van der Waals surface area contributed by atoms with Crippen LogP contribution < -0.4 is 9.80 Å².